The predicted octanol–water partition coefficient (Wildman–Crippen LogP) is 0.619. The Morgan fingerprint density at radius 2 is 2.36 bits per heavy atom. The quantitative estimate of drug-likeness (QED) is 0.727. The van der Waals surface area contributed by atoms with Crippen LogP contribution in [0.25, 0.3) is 11.0 Å². The van der Waals surface area contributed by atoms with Gasteiger partial charge in [0.15, 0.2) is 5.69 Å². The van der Waals surface area contributed by atoms with Crippen molar-refractivity contribution in [2.75, 3.05) is 0 Å². The second kappa shape index (κ2) is 3.10. The largest absolute Gasteiger partial charge is 0.364 e. The number of nitrogens with zero attached hydrogens (tertiary/aromatic N) is 2. The van der Waals surface area contributed by atoms with Crippen molar-refractivity contribution in [1.82, 2.24) is 15.0 Å². The summed E-state index contributed by atoms with van der Waals surface area (Å²) < 4.78 is 0. The van der Waals surface area contributed by atoms with Crippen LogP contribution < -0.4 is 5.73 Å². The first kappa shape index (κ1) is 8.68. The molecule has 0 saturated carbocycles. The maximum Gasteiger partial charge on any atom is 0.269 e. The number of amides is 1. The van der Waals surface area contributed by atoms with E-state index in [1.54, 1.807) is 12.3 Å². The SMILES string of the molecule is CCc1nc(C(N)=O)c2[nH]ccc2n1. The number of primary amides is 1. The highest BCUT2D eigenvalue weighted by molar-refractivity contribution is 6.01. The Balaban J connectivity index is 2.76. The maximum atomic E-state index is 11.1. The lowest BCUT2D eigenvalue weighted by atomic mass is 10.3. The van der Waals surface area contributed by atoms with Gasteiger partial charge in [0.25, 0.3) is 5.91 Å². The minimum Gasteiger partial charge on any atom is -0.364 e. The number of aryl methyl sites for hydroxylation is 1. The third-order valence-electron chi connectivity index (χ3n) is 2.00. The van der Waals surface area contributed by atoms with Crippen LogP contribution in [0.1, 0.15) is 23.2 Å². The monoisotopic (exact) mass is 190 g/mol. The molecule has 0 bridgehead atoms. The van der Waals surface area contributed by atoms with Crippen molar-refractivity contribution in [3.05, 3.63) is 23.8 Å². The number of rotatable bonds is 2. The number of nitrogens with two attached hydrogens (primary N) is 1. The third-order valence-corrected chi connectivity index (χ3v) is 2.00. The predicted molar refractivity (Wildman–Crippen MR) is 51.8 cm³/mol. The van der Waals surface area contributed by atoms with Crippen molar-refractivity contribution in [3.63, 3.8) is 0 Å². The number of H-pyrrole nitrogens is 1. The first-order valence-electron chi connectivity index (χ1n) is 4.36. The van der Waals surface area contributed by atoms with Gasteiger partial charge >= 0.3 is 0 Å². The van der Waals surface area contributed by atoms with E-state index >= 15 is 0 Å². The van der Waals surface area contributed by atoms with Crippen molar-refractivity contribution in [3.8, 4) is 0 Å². The standard InChI is InChI=1S/C9H10N4O/c1-2-6-12-5-3-4-11-7(5)8(13-6)9(10)14/h3-4,11H,2H2,1H3,(H2,10,14). The molecule has 0 aromatic carbocycles. The number of aromatic nitrogens is 3. The Kier molecular flexibility index (Phi) is 1.92. The zero-order chi connectivity index (χ0) is 10.1. The first-order chi connectivity index (χ1) is 6.72. The van der Waals surface area contributed by atoms with E-state index in [0.29, 0.717) is 17.8 Å². The Hall–Kier alpha value is -1.91. The Morgan fingerprint density at radius 1 is 1.57 bits per heavy atom. The van der Waals surface area contributed by atoms with Crippen LogP contribution >= 0.6 is 0 Å². The van der Waals surface area contributed by atoms with E-state index in [0.717, 1.165) is 5.52 Å². The number of hydrogen-bond donors (Lipinski definition) is 2. The van der Waals surface area contributed by atoms with Crippen molar-refractivity contribution >= 4 is 16.9 Å². The summed E-state index contributed by atoms with van der Waals surface area (Å²) in [6.07, 6.45) is 2.40. The summed E-state index contributed by atoms with van der Waals surface area (Å²) >= 11 is 0. The minimum absolute atomic E-state index is 0.261. The summed E-state index contributed by atoms with van der Waals surface area (Å²) in [7, 11) is 0. The molecule has 2 aromatic heterocycles. The second-order valence-corrected chi connectivity index (χ2v) is 2.94. The number of nitrogens with one attached hydrogen (secondary N) is 1. The molecule has 0 saturated heterocycles. The van der Waals surface area contributed by atoms with Gasteiger partial charge in [0.2, 0.25) is 0 Å². The smallest absolute Gasteiger partial charge is 0.269 e. The molecule has 5 heteroatoms. The lowest BCUT2D eigenvalue weighted by Crippen LogP contribution is -2.15. The van der Waals surface area contributed by atoms with Gasteiger partial charge in [0.05, 0.1) is 11.0 Å². The van der Waals surface area contributed by atoms with E-state index in [1.165, 1.54) is 0 Å². The molecular formula is C9H10N4O. The molecule has 0 aliphatic rings. The van der Waals surface area contributed by atoms with E-state index < -0.39 is 5.91 Å². The number of carbonyl (C=O) groups is 1. The van der Waals surface area contributed by atoms with Gasteiger partial charge < -0.3 is 10.7 Å². The van der Waals surface area contributed by atoms with Crippen LogP contribution in [0.5, 0.6) is 0 Å². The highest BCUT2D eigenvalue weighted by Gasteiger charge is 2.11. The van der Waals surface area contributed by atoms with E-state index in [-0.39, 0.29) is 5.69 Å². The number of hydrogen-bond acceptors (Lipinski definition) is 3. The molecule has 14 heavy (non-hydrogen) atoms. The molecule has 0 aliphatic carbocycles. The van der Waals surface area contributed by atoms with E-state index in [1.807, 2.05) is 6.92 Å². The summed E-state index contributed by atoms with van der Waals surface area (Å²) in [5, 5.41) is 0. The summed E-state index contributed by atoms with van der Waals surface area (Å²) in [5.41, 5.74) is 6.81. The molecule has 2 aromatic rings. The van der Waals surface area contributed by atoms with Crippen molar-refractivity contribution in [1.29, 1.82) is 0 Å². The molecular weight excluding hydrogens is 180 g/mol. The summed E-state index contributed by atoms with van der Waals surface area (Å²) in [6.45, 7) is 1.93. The average molecular weight is 190 g/mol. The summed E-state index contributed by atoms with van der Waals surface area (Å²) in [6, 6.07) is 1.79. The van der Waals surface area contributed by atoms with Gasteiger partial charge in [-0.2, -0.15) is 0 Å². The third kappa shape index (κ3) is 1.22. The van der Waals surface area contributed by atoms with Crippen LogP contribution in [0.3, 0.4) is 0 Å². The highest BCUT2D eigenvalue weighted by Crippen LogP contribution is 2.13. The molecule has 5 nitrogen and oxygen atoms in total. The van der Waals surface area contributed by atoms with E-state index in [9.17, 15) is 4.79 Å². The summed E-state index contributed by atoms with van der Waals surface area (Å²) in [4.78, 5) is 22.3. The Labute approximate surface area is 80.4 Å². The molecule has 0 unspecified atom stereocenters. The molecule has 2 rings (SSSR count). The highest BCUT2D eigenvalue weighted by atomic mass is 16.1. The number of fused-ring (bicyclic) bond motifs is 1. The van der Waals surface area contributed by atoms with Crippen LogP contribution in [0.15, 0.2) is 12.3 Å². The maximum absolute atomic E-state index is 11.1. The molecule has 0 radical (unpaired) electrons. The molecule has 0 atom stereocenters. The molecule has 72 valence electrons. The fourth-order valence-corrected chi connectivity index (χ4v) is 1.33. The fraction of sp³-hybridized carbons (Fsp3) is 0.222. The fourth-order valence-electron chi connectivity index (χ4n) is 1.33. The Morgan fingerprint density at radius 3 is 3.00 bits per heavy atom. The molecule has 0 aliphatic heterocycles. The van der Waals surface area contributed by atoms with E-state index in [4.69, 9.17) is 5.73 Å². The molecule has 3 N–H and O–H groups in total. The van der Waals surface area contributed by atoms with Crippen LogP contribution in [-0.4, -0.2) is 20.9 Å². The van der Waals surface area contributed by atoms with Gasteiger partial charge in [-0.25, -0.2) is 9.97 Å². The van der Waals surface area contributed by atoms with Crippen LogP contribution in [-0.2, 0) is 6.42 Å². The summed E-state index contributed by atoms with van der Waals surface area (Å²) in [5.74, 6) is 0.0976. The van der Waals surface area contributed by atoms with Crippen molar-refractivity contribution < 1.29 is 4.79 Å². The number of aromatic amines is 1. The van der Waals surface area contributed by atoms with Gasteiger partial charge in [-0.3, -0.25) is 4.79 Å². The zero-order valence-electron chi connectivity index (χ0n) is 7.74. The molecule has 2 heterocycles. The lowest BCUT2D eigenvalue weighted by Gasteiger charge is -2.00. The van der Waals surface area contributed by atoms with Gasteiger partial charge in [0, 0.05) is 12.6 Å². The second-order valence-electron chi connectivity index (χ2n) is 2.94. The zero-order valence-corrected chi connectivity index (χ0v) is 7.74. The van der Waals surface area contributed by atoms with Crippen molar-refractivity contribution in [2.45, 2.75) is 13.3 Å². The van der Waals surface area contributed by atoms with Gasteiger partial charge in [-0.15, -0.1) is 0 Å². The van der Waals surface area contributed by atoms with Gasteiger partial charge in [-0.05, 0) is 6.07 Å². The molecule has 0 fully saturated rings. The molecule has 0 spiro atoms. The first-order valence-corrected chi connectivity index (χ1v) is 4.36. The van der Waals surface area contributed by atoms with Crippen LogP contribution in [0, 0.1) is 0 Å². The normalized spacial score (nSPS) is 10.6. The molecule has 1 amide bonds. The van der Waals surface area contributed by atoms with Crippen LogP contribution in [0.2, 0.25) is 0 Å². The van der Waals surface area contributed by atoms with Gasteiger partial charge in [0.1, 0.15) is 5.82 Å². The minimum atomic E-state index is -0.533. The van der Waals surface area contributed by atoms with Gasteiger partial charge in [-0.1, -0.05) is 6.92 Å². The van der Waals surface area contributed by atoms with Crippen molar-refractivity contribution in [2.24, 2.45) is 5.73 Å². The average Bonchev–Trinajstić information content (AvgIpc) is 2.63. The number of carbonyl (C=O) groups excluding carboxylic acids is 1. The van der Waals surface area contributed by atoms with Crippen LogP contribution in [0.4, 0.5) is 0 Å². The Bertz CT molecular complexity index is 489. The topological polar surface area (TPSA) is 84.7 Å². The lowest BCUT2D eigenvalue weighted by molar-refractivity contribution is 0.0997. The van der Waals surface area contributed by atoms with E-state index in [2.05, 4.69) is 15.0 Å².